The topological polar surface area (TPSA) is 79.5 Å². The van der Waals surface area contributed by atoms with Gasteiger partial charge < -0.3 is 11.1 Å². The molecule has 4 N–H and O–H groups in total. The number of carbonyl (C=O) groups excluding carboxylic acids is 1. The van der Waals surface area contributed by atoms with E-state index >= 15 is 0 Å². The zero-order valence-electron chi connectivity index (χ0n) is 5.43. The van der Waals surface area contributed by atoms with Crippen LogP contribution in [0.3, 0.4) is 0 Å². The van der Waals surface area contributed by atoms with E-state index in [1.165, 1.54) is 7.05 Å². The van der Waals surface area contributed by atoms with E-state index in [-0.39, 0.29) is 6.03 Å². The van der Waals surface area contributed by atoms with Gasteiger partial charge in [-0.05, 0) is 6.92 Å². The van der Waals surface area contributed by atoms with Gasteiger partial charge in [0.15, 0.2) is 0 Å². The fourth-order valence-electron chi connectivity index (χ4n) is 0.195. The molecule has 0 fully saturated rings. The van der Waals surface area contributed by atoms with E-state index < -0.39 is 0 Å². The maximum Gasteiger partial charge on any atom is 0.334 e. The Kier molecular flexibility index (Phi) is 3.19. The lowest BCUT2D eigenvalue weighted by atomic mass is 10.7. The van der Waals surface area contributed by atoms with E-state index in [4.69, 9.17) is 5.73 Å². The van der Waals surface area contributed by atoms with E-state index in [0.717, 1.165) is 0 Å². The van der Waals surface area contributed by atoms with Crippen molar-refractivity contribution in [2.75, 3.05) is 7.05 Å². The number of nitrogens with one attached hydrogen (secondary N) is 2. The fraction of sp³-hybridized carbons (Fsp3) is 0.500. The Labute approximate surface area is 53.3 Å². The minimum Gasteiger partial charge on any atom is -0.386 e. The van der Waals surface area contributed by atoms with Gasteiger partial charge in [-0.1, -0.05) is 0 Å². The lowest BCUT2D eigenvalue weighted by Crippen LogP contribution is -2.30. The van der Waals surface area contributed by atoms with Gasteiger partial charge in [-0.3, -0.25) is 0 Å². The summed E-state index contributed by atoms with van der Waals surface area (Å²) in [7, 11) is 1.50. The summed E-state index contributed by atoms with van der Waals surface area (Å²) < 4.78 is 0. The summed E-state index contributed by atoms with van der Waals surface area (Å²) in [5.74, 6) is 0.318. The first-order valence-corrected chi connectivity index (χ1v) is 2.44. The van der Waals surface area contributed by atoms with Gasteiger partial charge in [0.2, 0.25) is 0 Å². The Bertz CT molecular complexity index is 127. The van der Waals surface area contributed by atoms with Gasteiger partial charge in [-0.2, -0.15) is 5.10 Å². The molecule has 0 rings (SSSR count). The number of hydrazone groups is 1. The summed E-state index contributed by atoms with van der Waals surface area (Å²) in [5.41, 5.74) is 7.25. The zero-order valence-corrected chi connectivity index (χ0v) is 5.43. The molecule has 5 nitrogen and oxygen atoms in total. The third-order valence-corrected chi connectivity index (χ3v) is 0.561. The molecule has 0 spiro atoms. The minimum absolute atomic E-state index is 0.318. The molecule has 0 heterocycles. The normalized spacial score (nSPS) is 10.7. The summed E-state index contributed by atoms with van der Waals surface area (Å²) in [5, 5.41) is 5.74. The van der Waals surface area contributed by atoms with E-state index in [0.29, 0.717) is 5.84 Å². The number of urea groups is 1. The molecule has 0 aromatic heterocycles. The van der Waals surface area contributed by atoms with Crippen molar-refractivity contribution in [2.24, 2.45) is 10.8 Å². The molecular formula is C4H10N4O. The molecule has 0 aliphatic heterocycles. The largest absolute Gasteiger partial charge is 0.386 e. The first kappa shape index (κ1) is 7.74. The maximum absolute atomic E-state index is 10.3. The van der Waals surface area contributed by atoms with Crippen LogP contribution in [0.2, 0.25) is 0 Å². The molecule has 0 atom stereocenters. The number of amides is 2. The second-order valence-electron chi connectivity index (χ2n) is 1.44. The summed E-state index contributed by atoms with van der Waals surface area (Å²) in [4.78, 5) is 10.3. The van der Waals surface area contributed by atoms with Gasteiger partial charge in [-0.15, -0.1) is 0 Å². The summed E-state index contributed by atoms with van der Waals surface area (Å²) in [6, 6.07) is -0.375. The van der Waals surface area contributed by atoms with Gasteiger partial charge in [0.1, 0.15) is 5.84 Å². The number of nitrogens with zero attached hydrogens (tertiary/aromatic N) is 1. The minimum atomic E-state index is -0.375. The van der Waals surface area contributed by atoms with Crippen molar-refractivity contribution >= 4 is 11.9 Å². The second kappa shape index (κ2) is 3.71. The van der Waals surface area contributed by atoms with Gasteiger partial charge in [0, 0.05) is 7.05 Å². The molecule has 0 unspecified atom stereocenters. The number of hydrogen-bond acceptors (Lipinski definition) is 2. The monoisotopic (exact) mass is 130 g/mol. The van der Waals surface area contributed by atoms with Crippen LogP contribution in [0.1, 0.15) is 6.92 Å². The summed E-state index contributed by atoms with van der Waals surface area (Å²) >= 11 is 0. The van der Waals surface area contributed by atoms with Crippen LogP contribution >= 0.6 is 0 Å². The lowest BCUT2D eigenvalue weighted by Gasteiger charge is -1.95. The molecular weight excluding hydrogens is 120 g/mol. The van der Waals surface area contributed by atoms with Crippen molar-refractivity contribution in [3.63, 3.8) is 0 Å². The molecule has 2 amide bonds. The second-order valence-corrected chi connectivity index (χ2v) is 1.44. The number of nitrogens with two attached hydrogens (primary N) is 1. The molecule has 0 saturated heterocycles. The molecule has 0 bridgehead atoms. The SMILES string of the molecule is CNC(=O)N/N=C(/C)N. The third-order valence-electron chi connectivity index (χ3n) is 0.561. The highest BCUT2D eigenvalue weighted by Gasteiger charge is 1.88. The molecule has 0 saturated carbocycles. The van der Waals surface area contributed by atoms with Crippen LogP contribution in [0.4, 0.5) is 4.79 Å². The zero-order chi connectivity index (χ0) is 7.28. The highest BCUT2D eigenvalue weighted by molar-refractivity contribution is 5.80. The number of hydrogen-bond donors (Lipinski definition) is 3. The lowest BCUT2D eigenvalue weighted by molar-refractivity contribution is 0.243. The molecule has 5 heteroatoms. The Morgan fingerprint density at radius 1 is 1.67 bits per heavy atom. The average molecular weight is 130 g/mol. The molecule has 52 valence electrons. The maximum atomic E-state index is 10.3. The van der Waals surface area contributed by atoms with Crippen molar-refractivity contribution in [1.82, 2.24) is 10.7 Å². The van der Waals surface area contributed by atoms with Crippen molar-refractivity contribution in [3.05, 3.63) is 0 Å². The number of carbonyl (C=O) groups is 1. The number of amidine groups is 1. The molecule has 0 aliphatic rings. The van der Waals surface area contributed by atoms with Gasteiger partial charge in [0.05, 0.1) is 0 Å². The third kappa shape index (κ3) is 4.60. The van der Waals surface area contributed by atoms with Crippen molar-refractivity contribution < 1.29 is 4.79 Å². The van der Waals surface area contributed by atoms with Crippen LogP contribution in [0.5, 0.6) is 0 Å². The number of rotatable bonds is 1. The average Bonchev–Trinajstić information content (AvgIpc) is 1.83. The van der Waals surface area contributed by atoms with Crippen molar-refractivity contribution in [2.45, 2.75) is 6.92 Å². The molecule has 0 aliphatic carbocycles. The molecule has 0 radical (unpaired) electrons. The first-order valence-electron chi connectivity index (χ1n) is 2.44. The predicted octanol–water partition coefficient (Wildman–Crippen LogP) is -0.792. The fourth-order valence-corrected chi connectivity index (χ4v) is 0.195. The van der Waals surface area contributed by atoms with Crippen LogP contribution in [0.25, 0.3) is 0 Å². The van der Waals surface area contributed by atoms with Gasteiger partial charge >= 0.3 is 6.03 Å². The van der Waals surface area contributed by atoms with E-state index in [1.807, 2.05) is 0 Å². The quantitative estimate of drug-likeness (QED) is 0.247. The first-order chi connectivity index (χ1) is 4.16. The van der Waals surface area contributed by atoms with E-state index in [2.05, 4.69) is 15.8 Å². The molecule has 0 aromatic rings. The Balaban J connectivity index is 3.50. The molecule has 9 heavy (non-hydrogen) atoms. The van der Waals surface area contributed by atoms with E-state index in [1.54, 1.807) is 6.92 Å². The van der Waals surface area contributed by atoms with Crippen LogP contribution in [-0.4, -0.2) is 18.9 Å². The predicted molar refractivity (Wildman–Crippen MR) is 34.9 cm³/mol. The highest BCUT2D eigenvalue weighted by atomic mass is 16.2. The standard InChI is InChI=1S/C4H10N4O/c1-3(5)7-8-4(9)6-2/h1-2H3,(H2,5,7)(H2,6,8,9). The highest BCUT2D eigenvalue weighted by Crippen LogP contribution is 1.62. The van der Waals surface area contributed by atoms with Gasteiger partial charge in [0.25, 0.3) is 0 Å². The Morgan fingerprint density at radius 2 is 2.22 bits per heavy atom. The Hall–Kier alpha value is -1.26. The van der Waals surface area contributed by atoms with Gasteiger partial charge in [-0.25, -0.2) is 10.2 Å². The summed E-state index contributed by atoms with van der Waals surface area (Å²) in [6.07, 6.45) is 0. The van der Waals surface area contributed by atoms with Crippen LogP contribution in [0, 0.1) is 0 Å². The van der Waals surface area contributed by atoms with Crippen LogP contribution in [0.15, 0.2) is 5.10 Å². The van der Waals surface area contributed by atoms with Crippen molar-refractivity contribution in [3.8, 4) is 0 Å². The summed E-state index contributed by atoms with van der Waals surface area (Å²) in [6.45, 7) is 1.58. The smallest absolute Gasteiger partial charge is 0.334 e. The van der Waals surface area contributed by atoms with Crippen LogP contribution < -0.4 is 16.5 Å². The van der Waals surface area contributed by atoms with E-state index in [9.17, 15) is 4.79 Å². The Morgan fingerprint density at radius 3 is 2.56 bits per heavy atom. The van der Waals surface area contributed by atoms with Crippen molar-refractivity contribution in [1.29, 1.82) is 0 Å². The molecule has 0 aromatic carbocycles. The van der Waals surface area contributed by atoms with Crippen LogP contribution in [-0.2, 0) is 0 Å².